The van der Waals surface area contributed by atoms with Crippen molar-refractivity contribution < 1.29 is 4.79 Å². The topological polar surface area (TPSA) is 63.9 Å². The molecule has 2 aromatic rings. The van der Waals surface area contributed by atoms with Crippen LogP contribution in [-0.4, -0.2) is 47.9 Å². The van der Waals surface area contributed by atoms with Crippen molar-refractivity contribution in [3.05, 3.63) is 24.5 Å². The first kappa shape index (κ1) is 18.9. The quantitative estimate of drug-likeness (QED) is 0.691. The number of thioether (sulfide) groups is 1. The molecular weight excluding hydrogens is 346 g/mol. The number of pyridine rings is 1. The van der Waals surface area contributed by atoms with Crippen LogP contribution in [-0.2, 0) is 4.79 Å². The van der Waals surface area contributed by atoms with Crippen molar-refractivity contribution in [1.82, 2.24) is 24.6 Å². The van der Waals surface area contributed by atoms with Crippen LogP contribution in [0, 0.1) is 0 Å². The highest BCUT2D eigenvalue weighted by Crippen LogP contribution is 2.41. The Morgan fingerprint density at radius 2 is 1.88 bits per heavy atom. The summed E-state index contributed by atoms with van der Waals surface area (Å²) >= 11 is 1.50. The first-order chi connectivity index (χ1) is 12.4. The van der Waals surface area contributed by atoms with Crippen LogP contribution in [0.4, 0.5) is 0 Å². The average Bonchev–Trinajstić information content (AvgIpc) is 3.35. The van der Waals surface area contributed by atoms with Crippen LogP contribution in [0.2, 0.25) is 0 Å². The van der Waals surface area contributed by atoms with Gasteiger partial charge in [0.2, 0.25) is 5.91 Å². The van der Waals surface area contributed by atoms with Crippen molar-refractivity contribution in [3.63, 3.8) is 0 Å². The molecule has 0 radical (unpaired) electrons. The molecule has 1 aliphatic carbocycles. The van der Waals surface area contributed by atoms with Crippen molar-refractivity contribution in [3.8, 4) is 11.4 Å². The second-order valence-corrected chi connectivity index (χ2v) is 8.65. The van der Waals surface area contributed by atoms with E-state index < -0.39 is 0 Å². The molecule has 0 spiro atoms. The number of carbonyl (C=O) groups excluding carboxylic acids is 1. The van der Waals surface area contributed by atoms with Crippen molar-refractivity contribution in [2.24, 2.45) is 0 Å². The highest BCUT2D eigenvalue weighted by Gasteiger charge is 2.33. The number of rotatable bonds is 7. The van der Waals surface area contributed by atoms with Gasteiger partial charge in [0.05, 0.1) is 5.25 Å². The molecule has 1 fully saturated rings. The number of carbonyl (C=O) groups is 1. The Kier molecular flexibility index (Phi) is 5.65. The zero-order chi connectivity index (χ0) is 18.8. The first-order valence-corrected chi connectivity index (χ1v) is 10.1. The fourth-order valence-electron chi connectivity index (χ4n) is 3.23. The van der Waals surface area contributed by atoms with E-state index in [-0.39, 0.29) is 23.2 Å². The average molecular weight is 374 g/mol. The maximum Gasteiger partial charge on any atom is 0.236 e. The Hall–Kier alpha value is -1.89. The molecule has 0 unspecified atom stereocenters. The van der Waals surface area contributed by atoms with Crippen LogP contribution in [0.25, 0.3) is 11.4 Å². The summed E-state index contributed by atoms with van der Waals surface area (Å²) in [7, 11) is 0. The van der Waals surface area contributed by atoms with E-state index in [1.165, 1.54) is 11.8 Å². The minimum Gasteiger partial charge on any atom is -0.337 e. The van der Waals surface area contributed by atoms with Crippen LogP contribution in [0.1, 0.15) is 53.5 Å². The lowest BCUT2D eigenvalue weighted by Gasteiger charge is -2.32. The van der Waals surface area contributed by atoms with Gasteiger partial charge in [0.25, 0.3) is 0 Å². The molecule has 1 aliphatic rings. The lowest BCUT2D eigenvalue weighted by molar-refractivity contribution is -0.133. The first-order valence-electron chi connectivity index (χ1n) is 9.24. The summed E-state index contributed by atoms with van der Waals surface area (Å²) in [6.45, 7) is 10.2. The molecule has 0 aromatic carbocycles. The number of aromatic nitrogens is 4. The summed E-state index contributed by atoms with van der Waals surface area (Å²) < 4.78 is 2.18. The third kappa shape index (κ3) is 3.92. The number of hydrogen-bond acceptors (Lipinski definition) is 5. The van der Waals surface area contributed by atoms with Gasteiger partial charge in [0.15, 0.2) is 11.0 Å². The molecule has 1 atom stereocenters. The SMILES string of the molecule is CC(C)N(C(=O)[C@H](C)Sc1nnc(-c2cccnc2)n1C1CC1)C(C)C. The molecular formula is C19H27N5OS. The Bertz CT molecular complexity index is 747. The summed E-state index contributed by atoms with van der Waals surface area (Å²) in [6, 6.07) is 4.69. The Morgan fingerprint density at radius 1 is 1.19 bits per heavy atom. The Labute approximate surface area is 159 Å². The number of nitrogens with zero attached hydrogens (tertiary/aromatic N) is 5. The summed E-state index contributed by atoms with van der Waals surface area (Å²) in [5.41, 5.74) is 0.962. The van der Waals surface area contributed by atoms with Crippen LogP contribution in [0.5, 0.6) is 0 Å². The van der Waals surface area contributed by atoms with Crippen LogP contribution >= 0.6 is 11.8 Å². The van der Waals surface area contributed by atoms with Gasteiger partial charge in [-0.05, 0) is 59.6 Å². The second kappa shape index (κ2) is 7.78. The lowest BCUT2D eigenvalue weighted by atomic mass is 10.2. The van der Waals surface area contributed by atoms with Gasteiger partial charge in [-0.15, -0.1) is 10.2 Å². The maximum atomic E-state index is 12.9. The van der Waals surface area contributed by atoms with E-state index in [1.807, 2.05) is 30.2 Å². The number of amides is 1. The van der Waals surface area contributed by atoms with Gasteiger partial charge in [-0.3, -0.25) is 14.3 Å². The molecule has 2 aromatic heterocycles. The van der Waals surface area contributed by atoms with Gasteiger partial charge in [0, 0.05) is 36.1 Å². The number of hydrogen-bond donors (Lipinski definition) is 0. The summed E-state index contributed by atoms with van der Waals surface area (Å²) in [5.74, 6) is 0.987. The molecule has 1 saturated carbocycles. The third-order valence-electron chi connectivity index (χ3n) is 4.49. The molecule has 0 N–H and O–H groups in total. The zero-order valence-corrected chi connectivity index (χ0v) is 16.9. The van der Waals surface area contributed by atoms with Crippen molar-refractivity contribution in [2.75, 3.05) is 0 Å². The molecule has 0 bridgehead atoms. The third-order valence-corrected chi connectivity index (χ3v) is 5.54. The molecule has 1 amide bonds. The van der Waals surface area contributed by atoms with E-state index in [1.54, 1.807) is 6.20 Å². The van der Waals surface area contributed by atoms with Crippen molar-refractivity contribution >= 4 is 17.7 Å². The predicted molar refractivity (Wildman–Crippen MR) is 104 cm³/mol. The molecule has 0 saturated heterocycles. The fraction of sp³-hybridized carbons (Fsp3) is 0.579. The van der Waals surface area contributed by atoms with Crippen LogP contribution < -0.4 is 0 Å². The predicted octanol–water partition coefficient (Wildman–Crippen LogP) is 3.80. The van der Waals surface area contributed by atoms with Gasteiger partial charge in [0.1, 0.15) is 0 Å². The van der Waals surface area contributed by atoms with E-state index in [0.29, 0.717) is 6.04 Å². The summed E-state index contributed by atoms with van der Waals surface area (Å²) in [6.07, 6.45) is 5.83. The largest absolute Gasteiger partial charge is 0.337 e. The molecule has 6 nitrogen and oxygen atoms in total. The molecule has 0 aliphatic heterocycles. The van der Waals surface area contributed by atoms with Gasteiger partial charge >= 0.3 is 0 Å². The van der Waals surface area contributed by atoms with E-state index in [2.05, 4.69) is 47.4 Å². The van der Waals surface area contributed by atoms with E-state index >= 15 is 0 Å². The molecule has 2 heterocycles. The van der Waals surface area contributed by atoms with Crippen molar-refractivity contribution in [1.29, 1.82) is 0 Å². The second-order valence-electron chi connectivity index (χ2n) is 7.34. The zero-order valence-electron chi connectivity index (χ0n) is 16.1. The Balaban J connectivity index is 1.84. The van der Waals surface area contributed by atoms with E-state index in [9.17, 15) is 4.79 Å². The van der Waals surface area contributed by atoms with Crippen molar-refractivity contribution in [2.45, 2.75) is 76.0 Å². The monoisotopic (exact) mass is 373 g/mol. The molecule has 140 valence electrons. The lowest BCUT2D eigenvalue weighted by Crippen LogP contribution is -2.45. The van der Waals surface area contributed by atoms with Gasteiger partial charge in [-0.1, -0.05) is 11.8 Å². The molecule has 26 heavy (non-hydrogen) atoms. The smallest absolute Gasteiger partial charge is 0.236 e. The molecule has 7 heteroatoms. The van der Waals surface area contributed by atoms with E-state index in [0.717, 1.165) is 29.4 Å². The van der Waals surface area contributed by atoms with Gasteiger partial charge in [-0.25, -0.2) is 0 Å². The minimum atomic E-state index is -0.205. The fourth-order valence-corrected chi connectivity index (χ4v) is 4.21. The summed E-state index contributed by atoms with van der Waals surface area (Å²) in [4.78, 5) is 19.1. The minimum absolute atomic E-state index is 0.147. The van der Waals surface area contributed by atoms with E-state index in [4.69, 9.17) is 0 Å². The normalized spacial score (nSPS) is 15.5. The Morgan fingerprint density at radius 3 is 2.42 bits per heavy atom. The van der Waals surface area contributed by atoms with Crippen LogP contribution in [0.15, 0.2) is 29.7 Å². The standard InChI is InChI=1S/C19H27N5OS/c1-12(2)23(13(3)4)18(25)14(5)26-19-22-21-17(24(19)16-8-9-16)15-7-6-10-20-11-15/h6-7,10-14,16H,8-9H2,1-5H3/t14-/m0/s1. The van der Waals surface area contributed by atoms with Gasteiger partial charge < -0.3 is 4.90 Å². The maximum absolute atomic E-state index is 12.9. The summed E-state index contributed by atoms with van der Waals surface area (Å²) in [5, 5.41) is 9.42. The van der Waals surface area contributed by atoms with Crippen LogP contribution in [0.3, 0.4) is 0 Å². The highest BCUT2D eigenvalue weighted by atomic mass is 32.2. The molecule has 3 rings (SSSR count). The highest BCUT2D eigenvalue weighted by molar-refractivity contribution is 8.00. The van der Waals surface area contributed by atoms with Gasteiger partial charge in [-0.2, -0.15) is 0 Å².